The summed E-state index contributed by atoms with van der Waals surface area (Å²) in [7, 11) is 1.33. The smallest absolute Gasteiger partial charge is 0.344 e. The van der Waals surface area contributed by atoms with E-state index in [-0.39, 0.29) is 5.82 Å². The highest BCUT2D eigenvalue weighted by Crippen LogP contribution is 2.27. The van der Waals surface area contributed by atoms with Crippen LogP contribution in [-0.2, 0) is 4.74 Å². The fraction of sp³-hybridized carbons (Fsp3) is 0.556. The number of thioether (sulfide) groups is 1. The lowest BCUT2D eigenvalue weighted by molar-refractivity contribution is 0.0603. The molecule has 0 atom stereocenters. The zero-order valence-electron chi connectivity index (χ0n) is 9.28. The Kier molecular flexibility index (Phi) is 5.41. The lowest BCUT2D eigenvalue weighted by Gasteiger charge is -2.04. The summed E-state index contributed by atoms with van der Waals surface area (Å²) in [6.45, 7) is 0.798. The minimum Gasteiger partial charge on any atom is -0.465 e. The predicted octanol–water partition coefficient (Wildman–Crippen LogP) is 1.68. The molecular formula is C9H15N3O2S2. The molecule has 1 aromatic rings. The van der Waals surface area contributed by atoms with E-state index in [4.69, 9.17) is 5.73 Å². The van der Waals surface area contributed by atoms with Crippen LogP contribution in [0.15, 0.2) is 0 Å². The highest BCUT2D eigenvalue weighted by Gasteiger charge is 2.19. The Morgan fingerprint density at radius 2 is 2.44 bits per heavy atom. The molecule has 0 aliphatic rings. The van der Waals surface area contributed by atoms with Gasteiger partial charge in [0.15, 0.2) is 5.82 Å². The van der Waals surface area contributed by atoms with Crippen LogP contribution in [0.1, 0.15) is 16.8 Å². The average Bonchev–Trinajstić information content (AvgIpc) is 2.65. The van der Waals surface area contributed by atoms with E-state index in [9.17, 15) is 4.79 Å². The normalized spacial score (nSPS) is 10.1. The first kappa shape index (κ1) is 13.1. The monoisotopic (exact) mass is 261 g/mol. The van der Waals surface area contributed by atoms with E-state index in [0.29, 0.717) is 10.6 Å². The van der Waals surface area contributed by atoms with Crippen molar-refractivity contribution >= 4 is 40.1 Å². The third kappa shape index (κ3) is 3.28. The van der Waals surface area contributed by atoms with Crippen molar-refractivity contribution in [2.75, 3.05) is 36.7 Å². The third-order valence-electron chi connectivity index (χ3n) is 1.92. The lowest BCUT2D eigenvalue weighted by Crippen LogP contribution is -2.09. The molecule has 1 rings (SSSR count). The van der Waals surface area contributed by atoms with Crippen molar-refractivity contribution in [2.24, 2.45) is 0 Å². The largest absolute Gasteiger partial charge is 0.465 e. The van der Waals surface area contributed by atoms with E-state index < -0.39 is 5.97 Å². The van der Waals surface area contributed by atoms with Gasteiger partial charge in [0.25, 0.3) is 0 Å². The maximum atomic E-state index is 11.4. The molecule has 0 fully saturated rings. The van der Waals surface area contributed by atoms with Gasteiger partial charge in [-0.05, 0) is 30.0 Å². The summed E-state index contributed by atoms with van der Waals surface area (Å²) in [6.07, 6.45) is 3.09. The van der Waals surface area contributed by atoms with E-state index in [1.54, 1.807) is 11.8 Å². The molecule has 0 bridgehead atoms. The molecule has 7 heteroatoms. The summed E-state index contributed by atoms with van der Waals surface area (Å²) >= 11 is 2.97. The minimum atomic E-state index is -0.446. The van der Waals surface area contributed by atoms with E-state index >= 15 is 0 Å². The molecule has 0 aliphatic carbocycles. The highest BCUT2D eigenvalue weighted by molar-refractivity contribution is 7.98. The number of hydrogen-bond donors (Lipinski definition) is 2. The molecule has 0 aliphatic heterocycles. The molecule has 0 unspecified atom stereocenters. The molecule has 3 N–H and O–H groups in total. The first-order valence-corrected chi connectivity index (χ1v) is 6.93. The van der Waals surface area contributed by atoms with Crippen molar-refractivity contribution in [3.63, 3.8) is 0 Å². The van der Waals surface area contributed by atoms with Gasteiger partial charge in [-0.25, -0.2) is 4.79 Å². The molecule has 1 aromatic heterocycles. The van der Waals surface area contributed by atoms with Crippen LogP contribution in [0.2, 0.25) is 0 Å². The molecule has 0 radical (unpaired) electrons. The number of methoxy groups -OCH3 is 1. The number of hydrogen-bond acceptors (Lipinski definition) is 7. The summed E-state index contributed by atoms with van der Waals surface area (Å²) in [4.78, 5) is 11.4. The SMILES string of the molecule is COC(=O)c1c(N)nsc1NCCCSC. The topological polar surface area (TPSA) is 77.2 Å². The van der Waals surface area contributed by atoms with E-state index in [1.807, 2.05) is 0 Å². The first-order chi connectivity index (χ1) is 7.70. The molecule has 90 valence electrons. The Hall–Kier alpha value is -0.950. The number of nitrogens with one attached hydrogen (secondary N) is 1. The van der Waals surface area contributed by atoms with Crippen LogP contribution >= 0.6 is 23.3 Å². The van der Waals surface area contributed by atoms with Gasteiger partial charge in [0, 0.05) is 6.54 Å². The Morgan fingerprint density at radius 1 is 1.69 bits per heavy atom. The number of nitrogen functional groups attached to an aromatic ring is 1. The van der Waals surface area contributed by atoms with Gasteiger partial charge in [-0.15, -0.1) is 0 Å². The lowest BCUT2D eigenvalue weighted by atomic mass is 10.3. The van der Waals surface area contributed by atoms with Crippen LogP contribution in [0.4, 0.5) is 10.8 Å². The third-order valence-corrected chi connectivity index (χ3v) is 3.43. The number of aromatic nitrogens is 1. The van der Waals surface area contributed by atoms with Gasteiger partial charge < -0.3 is 15.8 Å². The van der Waals surface area contributed by atoms with Gasteiger partial charge in [0.1, 0.15) is 10.6 Å². The predicted molar refractivity (Wildman–Crippen MR) is 69.4 cm³/mol. The van der Waals surface area contributed by atoms with Crippen molar-refractivity contribution in [3.05, 3.63) is 5.56 Å². The Labute approximate surface area is 103 Å². The molecule has 0 saturated carbocycles. The van der Waals surface area contributed by atoms with Crippen LogP contribution < -0.4 is 11.1 Å². The number of anilines is 2. The number of nitrogens with two attached hydrogens (primary N) is 1. The van der Waals surface area contributed by atoms with Gasteiger partial charge in [-0.2, -0.15) is 16.1 Å². The molecule has 0 spiro atoms. The number of rotatable bonds is 6. The Bertz CT molecular complexity index is 355. The van der Waals surface area contributed by atoms with Gasteiger partial charge in [-0.3, -0.25) is 0 Å². The van der Waals surface area contributed by atoms with Crippen molar-refractivity contribution < 1.29 is 9.53 Å². The van der Waals surface area contributed by atoms with Crippen LogP contribution in [0.5, 0.6) is 0 Å². The summed E-state index contributed by atoms with van der Waals surface area (Å²) in [5.74, 6) is 0.859. The number of carbonyl (C=O) groups excluding carboxylic acids is 1. The molecule has 16 heavy (non-hydrogen) atoms. The zero-order valence-corrected chi connectivity index (χ0v) is 10.9. The average molecular weight is 261 g/mol. The number of esters is 1. The second-order valence-corrected chi connectivity index (χ2v) is 4.80. The summed E-state index contributed by atoms with van der Waals surface area (Å²) in [5, 5.41) is 3.83. The van der Waals surface area contributed by atoms with Crippen molar-refractivity contribution in [2.45, 2.75) is 6.42 Å². The maximum absolute atomic E-state index is 11.4. The van der Waals surface area contributed by atoms with Crippen LogP contribution in [-0.4, -0.2) is 36.0 Å². The molecule has 0 amide bonds. The Balaban J connectivity index is 2.62. The summed E-state index contributed by atoms with van der Waals surface area (Å²) < 4.78 is 8.58. The van der Waals surface area contributed by atoms with Gasteiger partial charge in [0.2, 0.25) is 0 Å². The maximum Gasteiger partial charge on any atom is 0.344 e. The molecule has 0 aromatic carbocycles. The second-order valence-electron chi connectivity index (χ2n) is 3.04. The van der Waals surface area contributed by atoms with E-state index in [0.717, 1.165) is 18.7 Å². The number of nitrogens with zero attached hydrogens (tertiary/aromatic N) is 1. The fourth-order valence-corrected chi connectivity index (χ4v) is 2.30. The fourth-order valence-electron chi connectivity index (χ4n) is 1.14. The molecular weight excluding hydrogens is 246 g/mol. The highest BCUT2D eigenvalue weighted by atomic mass is 32.2. The van der Waals surface area contributed by atoms with Gasteiger partial charge in [-0.1, -0.05) is 0 Å². The minimum absolute atomic E-state index is 0.226. The molecule has 1 heterocycles. The molecule has 0 saturated heterocycles. The van der Waals surface area contributed by atoms with Crippen LogP contribution in [0.3, 0.4) is 0 Å². The Morgan fingerprint density at radius 3 is 3.06 bits per heavy atom. The first-order valence-electron chi connectivity index (χ1n) is 4.77. The van der Waals surface area contributed by atoms with Crippen molar-refractivity contribution in [1.29, 1.82) is 0 Å². The van der Waals surface area contributed by atoms with Gasteiger partial charge in [0.05, 0.1) is 7.11 Å². The van der Waals surface area contributed by atoms with E-state index in [1.165, 1.54) is 18.6 Å². The number of carbonyl (C=O) groups is 1. The molecule has 5 nitrogen and oxygen atoms in total. The quantitative estimate of drug-likeness (QED) is 0.599. The zero-order chi connectivity index (χ0) is 12.0. The van der Waals surface area contributed by atoms with Crippen molar-refractivity contribution in [1.82, 2.24) is 4.37 Å². The summed E-state index contributed by atoms with van der Waals surface area (Å²) in [5.41, 5.74) is 5.95. The number of ether oxygens (including phenoxy) is 1. The van der Waals surface area contributed by atoms with E-state index in [2.05, 4.69) is 20.7 Å². The van der Waals surface area contributed by atoms with Crippen LogP contribution in [0, 0.1) is 0 Å². The standard InChI is InChI=1S/C9H15N3O2S2/c1-14-9(13)6-7(10)12-16-8(6)11-4-3-5-15-2/h11H,3-5H2,1-2H3,(H2,10,12). The second kappa shape index (κ2) is 6.59. The van der Waals surface area contributed by atoms with Crippen LogP contribution in [0.25, 0.3) is 0 Å². The summed E-state index contributed by atoms with van der Waals surface area (Å²) in [6, 6.07) is 0. The van der Waals surface area contributed by atoms with Gasteiger partial charge >= 0.3 is 5.97 Å². The van der Waals surface area contributed by atoms with Crippen molar-refractivity contribution in [3.8, 4) is 0 Å².